The molecule has 3 N–H and O–H groups in total. The molecule has 0 spiro atoms. The maximum Gasteiger partial charge on any atom is 0.119 e. The summed E-state index contributed by atoms with van der Waals surface area (Å²) < 4.78 is 5.77. The molecule has 3 nitrogen and oxygen atoms in total. The van der Waals surface area contributed by atoms with Crippen molar-refractivity contribution in [2.75, 3.05) is 18.9 Å². The SMILES string of the molecule is Cc1cccc(OCCNC2CCc3cc(N)ccc32)c1. The molecular weight excluding hydrogens is 260 g/mol. The normalized spacial score (nSPS) is 16.7. The number of rotatable bonds is 5. The smallest absolute Gasteiger partial charge is 0.119 e. The van der Waals surface area contributed by atoms with Crippen LogP contribution in [0.25, 0.3) is 0 Å². The number of aryl methyl sites for hydroxylation is 2. The van der Waals surface area contributed by atoms with E-state index in [0.29, 0.717) is 12.6 Å². The second-order valence-electron chi connectivity index (χ2n) is 5.67. The maximum absolute atomic E-state index is 5.83. The van der Waals surface area contributed by atoms with Crippen LogP contribution < -0.4 is 15.8 Å². The van der Waals surface area contributed by atoms with Crippen molar-refractivity contribution >= 4 is 5.69 Å². The van der Waals surface area contributed by atoms with Crippen LogP contribution in [0, 0.1) is 6.92 Å². The fourth-order valence-corrected chi connectivity index (χ4v) is 2.96. The van der Waals surface area contributed by atoms with Gasteiger partial charge in [-0.1, -0.05) is 18.2 Å². The second-order valence-corrected chi connectivity index (χ2v) is 5.67. The molecule has 110 valence electrons. The summed E-state index contributed by atoms with van der Waals surface area (Å²) in [7, 11) is 0. The molecule has 2 aromatic carbocycles. The van der Waals surface area contributed by atoms with E-state index >= 15 is 0 Å². The highest BCUT2D eigenvalue weighted by Crippen LogP contribution is 2.32. The van der Waals surface area contributed by atoms with Gasteiger partial charge in [-0.2, -0.15) is 0 Å². The Morgan fingerprint density at radius 3 is 3.00 bits per heavy atom. The van der Waals surface area contributed by atoms with Gasteiger partial charge in [0, 0.05) is 18.3 Å². The third-order valence-corrected chi connectivity index (χ3v) is 4.00. The minimum Gasteiger partial charge on any atom is -0.492 e. The van der Waals surface area contributed by atoms with Crippen LogP contribution >= 0.6 is 0 Å². The number of hydrogen-bond acceptors (Lipinski definition) is 3. The van der Waals surface area contributed by atoms with Crippen molar-refractivity contribution in [1.29, 1.82) is 0 Å². The first-order valence-corrected chi connectivity index (χ1v) is 7.53. The molecule has 0 aliphatic heterocycles. The molecule has 0 bridgehead atoms. The van der Waals surface area contributed by atoms with Crippen LogP contribution in [-0.4, -0.2) is 13.2 Å². The lowest BCUT2D eigenvalue weighted by molar-refractivity contribution is 0.305. The molecule has 0 saturated heterocycles. The van der Waals surface area contributed by atoms with E-state index in [1.165, 1.54) is 16.7 Å². The third-order valence-electron chi connectivity index (χ3n) is 4.00. The van der Waals surface area contributed by atoms with Gasteiger partial charge in [-0.3, -0.25) is 0 Å². The number of nitrogen functional groups attached to an aromatic ring is 1. The van der Waals surface area contributed by atoms with Crippen LogP contribution in [0.4, 0.5) is 5.69 Å². The van der Waals surface area contributed by atoms with E-state index < -0.39 is 0 Å². The molecule has 3 heteroatoms. The van der Waals surface area contributed by atoms with Crippen LogP contribution in [0.5, 0.6) is 5.75 Å². The lowest BCUT2D eigenvalue weighted by atomic mass is 10.1. The summed E-state index contributed by atoms with van der Waals surface area (Å²) in [5.74, 6) is 0.941. The zero-order valence-electron chi connectivity index (χ0n) is 12.4. The number of anilines is 1. The molecule has 0 heterocycles. The van der Waals surface area contributed by atoms with Crippen LogP contribution in [0.3, 0.4) is 0 Å². The van der Waals surface area contributed by atoms with E-state index in [4.69, 9.17) is 10.5 Å². The molecule has 0 amide bonds. The average Bonchev–Trinajstić information content (AvgIpc) is 2.86. The molecule has 1 aliphatic carbocycles. The van der Waals surface area contributed by atoms with Gasteiger partial charge in [0.1, 0.15) is 12.4 Å². The zero-order valence-corrected chi connectivity index (χ0v) is 12.4. The number of nitrogens with two attached hydrogens (primary N) is 1. The van der Waals surface area contributed by atoms with Crippen molar-refractivity contribution in [2.45, 2.75) is 25.8 Å². The second kappa shape index (κ2) is 6.19. The van der Waals surface area contributed by atoms with Crippen LogP contribution in [0.15, 0.2) is 42.5 Å². The molecular formula is C18H22N2O. The highest BCUT2D eigenvalue weighted by Gasteiger charge is 2.21. The molecule has 0 fully saturated rings. The average molecular weight is 282 g/mol. The number of nitrogens with one attached hydrogen (secondary N) is 1. The van der Waals surface area contributed by atoms with E-state index in [-0.39, 0.29) is 0 Å². The summed E-state index contributed by atoms with van der Waals surface area (Å²) in [5, 5.41) is 3.58. The minimum absolute atomic E-state index is 0.432. The predicted octanol–water partition coefficient (Wildman–Crippen LogP) is 3.23. The van der Waals surface area contributed by atoms with E-state index in [9.17, 15) is 0 Å². The predicted molar refractivity (Wildman–Crippen MR) is 86.6 cm³/mol. The summed E-state index contributed by atoms with van der Waals surface area (Å²) in [6.45, 7) is 3.61. The topological polar surface area (TPSA) is 47.3 Å². The number of fused-ring (bicyclic) bond motifs is 1. The standard InChI is InChI=1S/C18H22N2O/c1-13-3-2-4-16(11-13)21-10-9-20-18-8-5-14-12-15(19)6-7-17(14)18/h2-4,6-7,11-12,18,20H,5,8-10,19H2,1H3. The van der Waals surface area contributed by atoms with Gasteiger partial charge in [-0.15, -0.1) is 0 Å². The van der Waals surface area contributed by atoms with Crippen molar-refractivity contribution in [3.8, 4) is 5.75 Å². The number of benzene rings is 2. The molecule has 2 aromatic rings. The molecule has 1 atom stereocenters. The first kappa shape index (κ1) is 14.0. The monoisotopic (exact) mass is 282 g/mol. The van der Waals surface area contributed by atoms with Crippen molar-refractivity contribution < 1.29 is 4.74 Å². The summed E-state index contributed by atoms with van der Waals surface area (Å²) in [6, 6.07) is 14.8. The Kier molecular flexibility index (Phi) is 4.11. The van der Waals surface area contributed by atoms with Gasteiger partial charge < -0.3 is 15.8 Å². The summed E-state index contributed by atoms with van der Waals surface area (Å²) >= 11 is 0. The van der Waals surface area contributed by atoms with Crippen molar-refractivity contribution in [2.24, 2.45) is 0 Å². The molecule has 21 heavy (non-hydrogen) atoms. The highest BCUT2D eigenvalue weighted by molar-refractivity contribution is 5.47. The van der Waals surface area contributed by atoms with Gasteiger partial charge in [0.25, 0.3) is 0 Å². The Bertz CT molecular complexity index is 624. The minimum atomic E-state index is 0.432. The van der Waals surface area contributed by atoms with Gasteiger partial charge in [0.2, 0.25) is 0 Å². The van der Waals surface area contributed by atoms with Crippen LogP contribution in [0.1, 0.15) is 29.2 Å². The zero-order chi connectivity index (χ0) is 14.7. The Hall–Kier alpha value is -2.00. The van der Waals surface area contributed by atoms with E-state index in [1.54, 1.807) is 0 Å². The van der Waals surface area contributed by atoms with Gasteiger partial charge >= 0.3 is 0 Å². The largest absolute Gasteiger partial charge is 0.492 e. The van der Waals surface area contributed by atoms with Gasteiger partial charge in [-0.05, 0) is 60.7 Å². The fourth-order valence-electron chi connectivity index (χ4n) is 2.96. The molecule has 0 aromatic heterocycles. The van der Waals surface area contributed by atoms with Crippen molar-refractivity contribution in [3.63, 3.8) is 0 Å². The molecule has 3 rings (SSSR count). The Balaban J connectivity index is 1.49. The quantitative estimate of drug-likeness (QED) is 0.654. The van der Waals surface area contributed by atoms with Crippen molar-refractivity contribution in [1.82, 2.24) is 5.32 Å². The molecule has 0 radical (unpaired) electrons. The van der Waals surface area contributed by atoms with Crippen LogP contribution in [-0.2, 0) is 6.42 Å². The summed E-state index contributed by atoms with van der Waals surface area (Å²) in [6.07, 6.45) is 2.25. The van der Waals surface area contributed by atoms with Gasteiger partial charge in [-0.25, -0.2) is 0 Å². The Morgan fingerprint density at radius 1 is 1.24 bits per heavy atom. The van der Waals surface area contributed by atoms with Gasteiger partial charge in [0.05, 0.1) is 0 Å². The molecule has 1 unspecified atom stereocenters. The Labute approximate surface area is 126 Å². The third kappa shape index (κ3) is 3.37. The summed E-state index contributed by atoms with van der Waals surface area (Å²) in [5.41, 5.74) is 10.7. The first-order valence-electron chi connectivity index (χ1n) is 7.53. The number of hydrogen-bond donors (Lipinski definition) is 2. The first-order chi connectivity index (χ1) is 10.2. The van der Waals surface area contributed by atoms with E-state index in [0.717, 1.165) is 30.8 Å². The lowest BCUT2D eigenvalue weighted by Gasteiger charge is -2.15. The van der Waals surface area contributed by atoms with Gasteiger partial charge in [0.15, 0.2) is 0 Å². The van der Waals surface area contributed by atoms with Crippen molar-refractivity contribution in [3.05, 3.63) is 59.2 Å². The highest BCUT2D eigenvalue weighted by atomic mass is 16.5. The Morgan fingerprint density at radius 2 is 2.14 bits per heavy atom. The molecule has 1 aliphatic rings. The molecule has 0 saturated carbocycles. The lowest BCUT2D eigenvalue weighted by Crippen LogP contribution is -2.24. The maximum atomic E-state index is 5.83. The number of ether oxygens (including phenoxy) is 1. The van der Waals surface area contributed by atoms with Crippen LogP contribution in [0.2, 0.25) is 0 Å². The summed E-state index contributed by atoms with van der Waals surface area (Å²) in [4.78, 5) is 0. The van der Waals surface area contributed by atoms with E-state index in [1.807, 2.05) is 18.2 Å². The van der Waals surface area contributed by atoms with E-state index in [2.05, 4.69) is 36.5 Å². The fraction of sp³-hybridized carbons (Fsp3) is 0.333.